The number of nitrogens with one attached hydrogen (secondary N) is 1. The first-order valence-corrected chi connectivity index (χ1v) is 15.4. The second kappa shape index (κ2) is 14.4. The van der Waals surface area contributed by atoms with Gasteiger partial charge >= 0.3 is 0 Å². The minimum Gasteiger partial charge on any atom is -0.497 e. The number of carbonyl (C=O) groups excluding carboxylic acids is 2. The van der Waals surface area contributed by atoms with E-state index < -0.39 is 28.5 Å². The molecule has 1 N–H and O–H groups in total. The maximum Gasteiger partial charge on any atom is 0.264 e. The van der Waals surface area contributed by atoms with E-state index in [1.54, 1.807) is 55.5 Å². The van der Waals surface area contributed by atoms with Gasteiger partial charge in [0.05, 0.1) is 24.8 Å². The summed E-state index contributed by atoms with van der Waals surface area (Å²) in [6.07, 6.45) is 0.710. The van der Waals surface area contributed by atoms with Crippen LogP contribution in [0.3, 0.4) is 0 Å². The maximum atomic E-state index is 14.1. The standard InChI is InChI=1S/C31H38ClN3O6S/c1-7-22(3)33-31(37)23(4)34(19-24-10-12-25(32)13-11-24)30(36)20-35(28-18-26(40-5)14-17-29(28)41-6)42(38,39)27-15-8-21(2)9-16-27/h8-18,22-23H,7,19-20H2,1-6H3,(H,33,37)/t22-,23-/m0/s1. The van der Waals surface area contributed by atoms with Crippen LogP contribution in [0.5, 0.6) is 11.5 Å². The van der Waals surface area contributed by atoms with E-state index in [1.165, 1.54) is 37.3 Å². The average molecular weight is 616 g/mol. The fourth-order valence-electron chi connectivity index (χ4n) is 4.18. The molecule has 9 nitrogen and oxygen atoms in total. The molecule has 0 aliphatic carbocycles. The van der Waals surface area contributed by atoms with E-state index in [0.717, 1.165) is 15.4 Å². The van der Waals surface area contributed by atoms with Crippen LogP contribution in [0, 0.1) is 6.92 Å². The number of anilines is 1. The van der Waals surface area contributed by atoms with Crippen molar-refractivity contribution in [2.75, 3.05) is 25.1 Å². The summed E-state index contributed by atoms with van der Waals surface area (Å²) in [5, 5.41) is 3.44. The maximum absolute atomic E-state index is 14.1. The molecule has 226 valence electrons. The van der Waals surface area contributed by atoms with Crippen LogP contribution in [0.15, 0.2) is 71.6 Å². The van der Waals surface area contributed by atoms with Crippen molar-refractivity contribution in [2.45, 2.75) is 57.6 Å². The Morgan fingerprint density at radius 3 is 2.17 bits per heavy atom. The Labute approximate surface area is 253 Å². The summed E-state index contributed by atoms with van der Waals surface area (Å²) < 4.78 is 40.1. The largest absolute Gasteiger partial charge is 0.497 e. The number of ether oxygens (including phenoxy) is 2. The molecule has 0 aromatic heterocycles. The molecule has 0 spiro atoms. The molecular weight excluding hydrogens is 578 g/mol. The van der Waals surface area contributed by atoms with Gasteiger partial charge in [-0.05, 0) is 69.2 Å². The van der Waals surface area contributed by atoms with Crippen LogP contribution in [-0.2, 0) is 26.2 Å². The number of hydrogen-bond donors (Lipinski definition) is 1. The number of benzene rings is 3. The topological polar surface area (TPSA) is 105 Å². The molecular formula is C31H38ClN3O6S. The molecule has 2 amide bonds. The Morgan fingerprint density at radius 2 is 1.60 bits per heavy atom. The van der Waals surface area contributed by atoms with Crippen molar-refractivity contribution in [1.82, 2.24) is 10.2 Å². The Hall–Kier alpha value is -3.76. The number of sulfonamides is 1. The molecule has 0 unspecified atom stereocenters. The van der Waals surface area contributed by atoms with Crippen molar-refractivity contribution < 1.29 is 27.5 Å². The molecule has 3 aromatic rings. The number of halogens is 1. The van der Waals surface area contributed by atoms with E-state index in [9.17, 15) is 18.0 Å². The van der Waals surface area contributed by atoms with Gasteiger partial charge < -0.3 is 19.7 Å². The third-order valence-corrected chi connectivity index (χ3v) is 9.00. The fourth-order valence-corrected chi connectivity index (χ4v) is 5.72. The zero-order valence-corrected chi connectivity index (χ0v) is 26.3. The number of amides is 2. The van der Waals surface area contributed by atoms with E-state index >= 15 is 0 Å². The van der Waals surface area contributed by atoms with E-state index in [2.05, 4.69) is 5.32 Å². The SMILES string of the molecule is CC[C@H](C)NC(=O)[C@H](C)N(Cc1ccc(Cl)cc1)C(=O)CN(c1cc(OC)ccc1OC)S(=O)(=O)c1ccc(C)cc1. The number of hydrogen-bond acceptors (Lipinski definition) is 6. The first kappa shape index (κ1) is 32.8. The van der Waals surface area contributed by atoms with Gasteiger partial charge in [-0.15, -0.1) is 0 Å². The zero-order valence-electron chi connectivity index (χ0n) is 24.8. The number of carbonyl (C=O) groups is 2. The summed E-state index contributed by atoms with van der Waals surface area (Å²) in [6.45, 7) is 6.75. The first-order valence-electron chi connectivity index (χ1n) is 13.6. The molecule has 0 saturated heterocycles. The summed E-state index contributed by atoms with van der Waals surface area (Å²) in [5.41, 5.74) is 1.72. The van der Waals surface area contributed by atoms with Crippen LogP contribution >= 0.6 is 11.6 Å². The van der Waals surface area contributed by atoms with Crippen LogP contribution in [0.1, 0.15) is 38.3 Å². The summed E-state index contributed by atoms with van der Waals surface area (Å²) in [5.74, 6) is -0.330. The van der Waals surface area contributed by atoms with E-state index in [4.69, 9.17) is 21.1 Å². The van der Waals surface area contributed by atoms with Crippen molar-refractivity contribution in [3.05, 3.63) is 82.9 Å². The molecule has 0 saturated carbocycles. The molecule has 42 heavy (non-hydrogen) atoms. The van der Waals surface area contributed by atoms with Gasteiger partial charge in [-0.3, -0.25) is 13.9 Å². The van der Waals surface area contributed by atoms with Gasteiger partial charge in [0.2, 0.25) is 11.8 Å². The van der Waals surface area contributed by atoms with Gasteiger partial charge in [-0.2, -0.15) is 0 Å². The normalized spacial score (nSPS) is 12.6. The van der Waals surface area contributed by atoms with Crippen LogP contribution in [0.2, 0.25) is 5.02 Å². The highest BCUT2D eigenvalue weighted by atomic mass is 35.5. The van der Waals surface area contributed by atoms with Crippen molar-refractivity contribution >= 4 is 39.1 Å². The van der Waals surface area contributed by atoms with Crippen LogP contribution in [-0.4, -0.2) is 58.0 Å². The van der Waals surface area contributed by atoms with Gasteiger partial charge in [0.15, 0.2) is 0 Å². The minimum absolute atomic E-state index is 0.00223. The molecule has 2 atom stereocenters. The average Bonchev–Trinajstić information content (AvgIpc) is 2.98. The number of rotatable bonds is 13. The van der Waals surface area contributed by atoms with Crippen molar-refractivity contribution in [1.29, 1.82) is 0 Å². The molecule has 3 rings (SSSR count). The third kappa shape index (κ3) is 7.95. The fraction of sp³-hybridized carbons (Fsp3) is 0.355. The lowest BCUT2D eigenvalue weighted by Crippen LogP contribution is -2.52. The summed E-state index contributed by atoms with van der Waals surface area (Å²) in [7, 11) is -1.40. The molecule has 0 fully saturated rings. The molecule has 0 aliphatic heterocycles. The quantitative estimate of drug-likeness (QED) is 0.284. The Kier molecular flexibility index (Phi) is 11.2. The molecule has 3 aromatic carbocycles. The summed E-state index contributed by atoms with van der Waals surface area (Å²) in [4.78, 5) is 28.7. The van der Waals surface area contributed by atoms with Gasteiger partial charge in [-0.1, -0.05) is 48.4 Å². The van der Waals surface area contributed by atoms with E-state index in [0.29, 0.717) is 17.2 Å². The number of aryl methyl sites for hydroxylation is 1. The predicted molar refractivity (Wildman–Crippen MR) is 165 cm³/mol. The second-order valence-corrected chi connectivity index (χ2v) is 12.3. The molecule has 11 heteroatoms. The van der Waals surface area contributed by atoms with Crippen molar-refractivity contribution in [3.63, 3.8) is 0 Å². The lowest BCUT2D eigenvalue weighted by Gasteiger charge is -2.33. The highest BCUT2D eigenvalue weighted by Crippen LogP contribution is 2.36. The summed E-state index contributed by atoms with van der Waals surface area (Å²) in [6, 6.07) is 16.9. The first-order chi connectivity index (χ1) is 19.9. The highest BCUT2D eigenvalue weighted by Gasteiger charge is 2.34. The Bertz CT molecular complexity index is 1480. The van der Waals surface area contributed by atoms with Crippen molar-refractivity contribution in [3.8, 4) is 11.5 Å². The molecule has 0 radical (unpaired) electrons. The number of methoxy groups -OCH3 is 2. The molecule has 0 aliphatic rings. The van der Waals surface area contributed by atoms with Crippen LogP contribution < -0.4 is 19.1 Å². The van der Waals surface area contributed by atoms with E-state index in [-0.39, 0.29) is 34.8 Å². The van der Waals surface area contributed by atoms with Crippen LogP contribution in [0.25, 0.3) is 0 Å². The van der Waals surface area contributed by atoms with Crippen molar-refractivity contribution in [2.24, 2.45) is 0 Å². The van der Waals surface area contributed by atoms with E-state index in [1.807, 2.05) is 20.8 Å². The Morgan fingerprint density at radius 1 is 0.952 bits per heavy atom. The van der Waals surface area contributed by atoms with Gasteiger partial charge in [-0.25, -0.2) is 8.42 Å². The minimum atomic E-state index is -4.27. The van der Waals surface area contributed by atoms with Gasteiger partial charge in [0.1, 0.15) is 24.1 Å². The molecule has 0 heterocycles. The van der Waals surface area contributed by atoms with Crippen LogP contribution in [0.4, 0.5) is 5.69 Å². The summed E-state index contributed by atoms with van der Waals surface area (Å²) >= 11 is 6.06. The lowest BCUT2D eigenvalue weighted by atomic mass is 10.1. The lowest BCUT2D eigenvalue weighted by molar-refractivity contribution is -0.139. The Balaban J connectivity index is 2.11. The number of nitrogens with zero attached hydrogens (tertiary/aromatic N) is 2. The highest BCUT2D eigenvalue weighted by molar-refractivity contribution is 7.92. The third-order valence-electron chi connectivity index (χ3n) is 6.98. The zero-order chi connectivity index (χ0) is 31.0. The monoisotopic (exact) mass is 615 g/mol. The molecule has 0 bridgehead atoms. The van der Waals surface area contributed by atoms with Gasteiger partial charge in [0.25, 0.3) is 10.0 Å². The predicted octanol–water partition coefficient (Wildman–Crippen LogP) is 5.19. The van der Waals surface area contributed by atoms with Gasteiger partial charge in [0, 0.05) is 23.7 Å². The smallest absolute Gasteiger partial charge is 0.264 e. The second-order valence-electron chi connectivity index (χ2n) is 10.0.